The molecule has 0 unspecified atom stereocenters. The first-order chi connectivity index (χ1) is 10.2. The molecule has 4 heteroatoms. The van der Waals surface area contributed by atoms with Gasteiger partial charge in [-0.25, -0.2) is 4.98 Å². The van der Waals surface area contributed by atoms with Gasteiger partial charge in [-0.1, -0.05) is 38.0 Å². The number of nitrogens with zero attached hydrogens (tertiary/aromatic N) is 2. The summed E-state index contributed by atoms with van der Waals surface area (Å²) in [7, 11) is 0. The summed E-state index contributed by atoms with van der Waals surface area (Å²) < 4.78 is 0. The van der Waals surface area contributed by atoms with Crippen LogP contribution in [0.1, 0.15) is 37.3 Å². The number of anilines is 3. The van der Waals surface area contributed by atoms with Crippen molar-refractivity contribution in [2.45, 2.75) is 40.0 Å². The Bertz CT molecular complexity index is 561. The van der Waals surface area contributed by atoms with E-state index in [1.165, 1.54) is 30.4 Å². The zero-order valence-electron chi connectivity index (χ0n) is 13.1. The van der Waals surface area contributed by atoms with E-state index in [-0.39, 0.29) is 0 Å². The van der Waals surface area contributed by atoms with Crippen molar-refractivity contribution in [1.29, 1.82) is 0 Å². The normalized spacial score (nSPS) is 10.4. The van der Waals surface area contributed by atoms with Crippen molar-refractivity contribution in [3.8, 4) is 0 Å². The van der Waals surface area contributed by atoms with Crippen LogP contribution in [0.15, 0.2) is 30.5 Å². The zero-order chi connectivity index (χ0) is 15.1. The molecule has 112 valence electrons. The molecule has 0 fully saturated rings. The first-order valence-electron chi connectivity index (χ1n) is 7.61. The number of rotatable bonds is 7. The van der Waals surface area contributed by atoms with E-state index in [0.29, 0.717) is 5.95 Å². The molecule has 2 aromatic rings. The van der Waals surface area contributed by atoms with Crippen LogP contribution in [-0.2, 0) is 0 Å². The summed E-state index contributed by atoms with van der Waals surface area (Å²) >= 11 is 0. The van der Waals surface area contributed by atoms with E-state index in [9.17, 15) is 0 Å². The second kappa shape index (κ2) is 7.62. The molecule has 0 saturated carbocycles. The molecule has 0 amide bonds. The fourth-order valence-electron chi connectivity index (χ4n) is 2.23. The molecule has 1 aromatic heterocycles. The molecule has 0 saturated heterocycles. The van der Waals surface area contributed by atoms with E-state index >= 15 is 0 Å². The number of benzene rings is 1. The van der Waals surface area contributed by atoms with Crippen LogP contribution in [0, 0.1) is 13.8 Å². The van der Waals surface area contributed by atoms with Gasteiger partial charge in [0, 0.05) is 18.4 Å². The lowest BCUT2D eigenvalue weighted by molar-refractivity contribution is 0.742. The monoisotopic (exact) mass is 284 g/mol. The van der Waals surface area contributed by atoms with Gasteiger partial charge in [0.05, 0.1) is 0 Å². The van der Waals surface area contributed by atoms with Gasteiger partial charge in [-0.15, -0.1) is 0 Å². The molecule has 2 N–H and O–H groups in total. The number of aryl methyl sites for hydroxylation is 2. The number of unbranched alkanes of at least 4 members (excludes halogenated alkanes) is 2. The Morgan fingerprint density at radius 3 is 2.52 bits per heavy atom. The second-order valence-electron chi connectivity index (χ2n) is 5.29. The van der Waals surface area contributed by atoms with E-state index in [2.05, 4.69) is 59.6 Å². The SMILES string of the molecule is CCCCCNc1ccnc(Nc2c(C)cccc2C)n1. The fourth-order valence-corrected chi connectivity index (χ4v) is 2.23. The highest BCUT2D eigenvalue weighted by Crippen LogP contribution is 2.22. The minimum absolute atomic E-state index is 0.632. The van der Waals surface area contributed by atoms with Crippen LogP contribution in [0.25, 0.3) is 0 Å². The van der Waals surface area contributed by atoms with E-state index < -0.39 is 0 Å². The number of para-hydroxylation sites is 1. The third-order valence-corrected chi connectivity index (χ3v) is 3.46. The maximum atomic E-state index is 4.51. The van der Waals surface area contributed by atoms with Gasteiger partial charge < -0.3 is 10.6 Å². The Hall–Kier alpha value is -2.10. The maximum Gasteiger partial charge on any atom is 0.229 e. The Balaban J connectivity index is 2.04. The van der Waals surface area contributed by atoms with Gasteiger partial charge in [0.2, 0.25) is 5.95 Å². The van der Waals surface area contributed by atoms with Crippen LogP contribution >= 0.6 is 0 Å². The quantitative estimate of drug-likeness (QED) is 0.738. The molecule has 0 bridgehead atoms. The molecular weight excluding hydrogens is 260 g/mol. The first-order valence-corrected chi connectivity index (χ1v) is 7.61. The molecule has 0 aliphatic rings. The Morgan fingerprint density at radius 2 is 1.81 bits per heavy atom. The van der Waals surface area contributed by atoms with Crippen molar-refractivity contribution in [3.63, 3.8) is 0 Å². The highest BCUT2D eigenvalue weighted by molar-refractivity contribution is 5.63. The number of nitrogens with one attached hydrogen (secondary N) is 2. The van der Waals surface area contributed by atoms with Crippen molar-refractivity contribution in [2.75, 3.05) is 17.2 Å². The molecule has 4 nitrogen and oxygen atoms in total. The fraction of sp³-hybridized carbons (Fsp3) is 0.412. The van der Waals surface area contributed by atoms with E-state index in [1.807, 2.05) is 6.07 Å². The van der Waals surface area contributed by atoms with Gasteiger partial charge in [-0.05, 0) is 37.5 Å². The van der Waals surface area contributed by atoms with Crippen LogP contribution in [0.2, 0.25) is 0 Å². The van der Waals surface area contributed by atoms with Crippen LogP contribution in [0.4, 0.5) is 17.5 Å². The summed E-state index contributed by atoms with van der Waals surface area (Å²) in [5.41, 5.74) is 3.47. The molecule has 1 heterocycles. The van der Waals surface area contributed by atoms with E-state index in [4.69, 9.17) is 0 Å². The van der Waals surface area contributed by atoms with Gasteiger partial charge >= 0.3 is 0 Å². The van der Waals surface area contributed by atoms with Crippen molar-refractivity contribution in [3.05, 3.63) is 41.6 Å². The molecule has 0 radical (unpaired) electrons. The van der Waals surface area contributed by atoms with Gasteiger partial charge in [-0.3, -0.25) is 0 Å². The minimum atomic E-state index is 0.632. The van der Waals surface area contributed by atoms with Crippen LogP contribution < -0.4 is 10.6 Å². The topological polar surface area (TPSA) is 49.8 Å². The molecule has 0 aliphatic carbocycles. The highest BCUT2D eigenvalue weighted by atomic mass is 15.1. The Kier molecular flexibility index (Phi) is 5.55. The third-order valence-electron chi connectivity index (χ3n) is 3.46. The molecule has 0 aliphatic heterocycles. The van der Waals surface area contributed by atoms with Gasteiger partial charge in [-0.2, -0.15) is 4.98 Å². The average molecular weight is 284 g/mol. The lowest BCUT2D eigenvalue weighted by atomic mass is 10.1. The summed E-state index contributed by atoms with van der Waals surface area (Å²) in [6.45, 7) is 7.33. The third kappa shape index (κ3) is 4.45. The molecule has 21 heavy (non-hydrogen) atoms. The number of hydrogen-bond donors (Lipinski definition) is 2. The van der Waals surface area contributed by atoms with Crippen molar-refractivity contribution >= 4 is 17.5 Å². The van der Waals surface area contributed by atoms with Gasteiger partial charge in [0.25, 0.3) is 0 Å². The molecule has 2 rings (SSSR count). The van der Waals surface area contributed by atoms with Crippen molar-refractivity contribution < 1.29 is 0 Å². The molecular formula is C17H24N4. The molecule has 1 aromatic carbocycles. The Labute approximate surface area is 127 Å². The smallest absolute Gasteiger partial charge is 0.229 e. The van der Waals surface area contributed by atoms with Crippen LogP contribution in [0.5, 0.6) is 0 Å². The summed E-state index contributed by atoms with van der Waals surface area (Å²) in [5, 5.41) is 6.66. The Morgan fingerprint density at radius 1 is 1.05 bits per heavy atom. The van der Waals surface area contributed by atoms with E-state index in [1.54, 1.807) is 6.20 Å². The van der Waals surface area contributed by atoms with Crippen LogP contribution in [-0.4, -0.2) is 16.5 Å². The number of aromatic nitrogens is 2. The summed E-state index contributed by atoms with van der Waals surface area (Å²) in [6, 6.07) is 8.13. The van der Waals surface area contributed by atoms with E-state index in [0.717, 1.165) is 18.1 Å². The van der Waals surface area contributed by atoms with Gasteiger partial charge in [0.15, 0.2) is 0 Å². The summed E-state index contributed by atoms with van der Waals surface area (Å²) in [6.07, 6.45) is 5.42. The lowest BCUT2D eigenvalue weighted by Crippen LogP contribution is -2.06. The average Bonchev–Trinajstić information content (AvgIpc) is 2.48. The highest BCUT2D eigenvalue weighted by Gasteiger charge is 2.05. The predicted molar refractivity (Wildman–Crippen MR) is 89.2 cm³/mol. The second-order valence-corrected chi connectivity index (χ2v) is 5.29. The van der Waals surface area contributed by atoms with Crippen molar-refractivity contribution in [2.24, 2.45) is 0 Å². The standard InChI is InChI=1S/C17H24N4/c1-4-5-6-11-18-15-10-12-19-17(20-15)21-16-13(2)8-7-9-14(16)3/h7-10,12H,4-6,11H2,1-3H3,(H2,18,19,20,21). The lowest BCUT2D eigenvalue weighted by Gasteiger charge is -2.12. The zero-order valence-corrected chi connectivity index (χ0v) is 13.1. The first kappa shape index (κ1) is 15.3. The van der Waals surface area contributed by atoms with Crippen molar-refractivity contribution in [1.82, 2.24) is 9.97 Å². The molecule has 0 spiro atoms. The summed E-state index contributed by atoms with van der Waals surface area (Å²) in [5.74, 6) is 1.50. The summed E-state index contributed by atoms with van der Waals surface area (Å²) in [4.78, 5) is 8.81. The van der Waals surface area contributed by atoms with Gasteiger partial charge in [0.1, 0.15) is 5.82 Å². The minimum Gasteiger partial charge on any atom is -0.370 e. The largest absolute Gasteiger partial charge is 0.370 e. The maximum absolute atomic E-state index is 4.51. The molecule has 0 atom stereocenters. The predicted octanol–water partition coefficient (Wildman–Crippen LogP) is 4.44. The number of hydrogen-bond acceptors (Lipinski definition) is 4. The van der Waals surface area contributed by atoms with Crippen LogP contribution in [0.3, 0.4) is 0 Å².